The summed E-state index contributed by atoms with van der Waals surface area (Å²) in [7, 11) is 0. The van der Waals surface area contributed by atoms with Crippen molar-refractivity contribution in [3.63, 3.8) is 0 Å². The van der Waals surface area contributed by atoms with Crippen molar-refractivity contribution in [2.75, 3.05) is 0 Å². The van der Waals surface area contributed by atoms with Crippen molar-refractivity contribution in [1.29, 1.82) is 0 Å². The Hall–Kier alpha value is -6.43. The van der Waals surface area contributed by atoms with Gasteiger partial charge < -0.3 is 4.57 Å². The third-order valence-electron chi connectivity index (χ3n) is 9.47. The summed E-state index contributed by atoms with van der Waals surface area (Å²) in [5.41, 5.74) is 8.61. The number of nitrogens with zero attached hydrogens (tertiary/aromatic N) is 4. The van der Waals surface area contributed by atoms with Crippen LogP contribution in [0.1, 0.15) is 0 Å². The zero-order chi connectivity index (χ0) is 33.0. The summed E-state index contributed by atoms with van der Waals surface area (Å²) in [6.07, 6.45) is 0. The molecule has 0 N–H and O–H groups in total. The average Bonchev–Trinajstić information content (AvgIpc) is 3.74. The van der Waals surface area contributed by atoms with Crippen LogP contribution in [0.2, 0.25) is 0 Å². The summed E-state index contributed by atoms with van der Waals surface area (Å²) in [5.74, 6) is 1.95. The molecule has 0 amide bonds. The Balaban J connectivity index is 1.15. The highest BCUT2D eigenvalue weighted by Gasteiger charge is 2.18. The first-order chi connectivity index (χ1) is 24.8. The van der Waals surface area contributed by atoms with Crippen molar-refractivity contribution in [3.05, 3.63) is 170 Å². The molecule has 0 unspecified atom stereocenters. The summed E-state index contributed by atoms with van der Waals surface area (Å²) in [5, 5.41) is 4.95. The minimum atomic E-state index is 0.641. The number of thiophene rings is 1. The normalized spacial score (nSPS) is 11.6. The van der Waals surface area contributed by atoms with E-state index in [1.807, 2.05) is 6.07 Å². The van der Waals surface area contributed by atoms with E-state index in [2.05, 4.69) is 168 Å². The summed E-state index contributed by atoms with van der Waals surface area (Å²) in [6.45, 7) is 0. The second-order valence-corrected chi connectivity index (χ2v) is 13.5. The number of benzene rings is 7. The van der Waals surface area contributed by atoms with Crippen molar-refractivity contribution < 1.29 is 0 Å². The van der Waals surface area contributed by atoms with E-state index in [-0.39, 0.29) is 0 Å². The highest BCUT2D eigenvalue weighted by Crippen LogP contribution is 2.40. The van der Waals surface area contributed by atoms with E-state index in [9.17, 15) is 0 Å². The molecule has 234 valence electrons. The number of para-hydroxylation sites is 2. The first-order valence-corrected chi connectivity index (χ1v) is 17.5. The van der Waals surface area contributed by atoms with Gasteiger partial charge in [0.1, 0.15) is 0 Å². The Morgan fingerprint density at radius 3 is 1.70 bits per heavy atom. The van der Waals surface area contributed by atoms with E-state index < -0.39 is 0 Å². The fourth-order valence-corrected chi connectivity index (χ4v) is 8.32. The zero-order valence-corrected chi connectivity index (χ0v) is 27.7. The molecule has 10 aromatic rings. The van der Waals surface area contributed by atoms with Gasteiger partial charge in [-0.25, -0.2) is 15.0 Å². The molecule has 0 spiro atoms. The standard InChI is InChI=1S/C45H28N4S/c1-2-12-29(13-3-1)31-14-10-15-32(28-31)44-46-43(47-45(48-44)38-20-11-19-37-36-18-6-9-23-41(36)50-42(37)38)30-24-26-33(27-25-30)49-39-21-7-4-16-34(39)35-17-5-8-22-40(35)49/h1-28H. The predicted molar refractivity (Wildman–Crippen MR) is 209 cm³/mol. The minimum absolute atomic E-state index is 0.641. The van der Waals surface area contributed by atoms with Gasteiger partial charge in [0, 0.05) is 53.3 Å². The lowest BCUT2D eigenvalue weighted by molar-refractivity contribution is 1.08. The lowest BCUT2D eigenvalue weighted by atomic mass is 10.0. The molecule has 0 atom stereocenters. The molecular weight excluding hydrogens is 629 g/mol. The number of aromatic nitrogens is 4. The molecule has 3 heterocycles. The SMILES string of the molecule is c1ccc(-c2cccc(-c3nc(-c4ccc(-n5c6ccccc6c6ccccc65)cc4)nc(-c4cccc5c4sc4ccccc45)n3)c2)cc1. The van der Waals surface area contributed by atoms with Crippen molar-refractivity contribution in [1.82, 2.24) is 19.5 Å². The lowest BCUT2D eigenvalue weighted by Crippen LogP contribution is -2.01. The van der Waals surface area contributed by atoms with Gasteiger partial charge >= 0.3 is 0 Å². The summed E-state index contributed by atoms with van der Waals surface area (Å²) in [4.78, 5) is 15.5. The van der Waals surface area contributed by atoms with E-state index in [4.69, 9.17) is 15.0 Å². The van der Waals surface area contributed by atoms with Gasteiger partial charge in [-0.2, -0.15) is 0 Å². The van der Waals surface area contributed by atoms with Crippen molar-refractivity contribution in [2.45, 2.75) is 0 Å². The quantitative estimate of drug-likeness (QED) is 0.185. The molecule has 0 saturated carbocycles. The minimum Gasteiger partial charge on any atom is -0.309 e. The second-order valence-electron chi connectivity index (χ2n) is 12.5. The smallest absolute Gasteiger partial charge is 0.165 e. The van der Waals surface area contributed by atoms with Crippen LogP contribution in [-0.2, 0) is 0 Å². The molecule has 7 aromatic carbocycles. The first kappa shape index (κ1) is 28.6. The van der Waals surface area contributed by atoms with Crippen LogP contribution in [0.5, 0.6) is 0 Å². The molecule has 0 fully saturated rings. The van der Waals surface area contributed by atoms with Crippen LogP contribution in [0.4, 0.5) is 0 Å². The van der Waals surface area contributed by atoms with Crippen LogP contribution in [0.25, 0.3) is 93.0 Å². The molecule has 0 aliphatic carbocycles. The number of fused-ring (bicyclic) bond motifs is 6. The summed E-state index contributed by atoms with van der Waals surface area (Å²) < 4.78 is 4.76. The fourth-order valence-electron chi connectivity index (χ4n) is 7.11. The second kappa shape index (κ2) is 11.6. The van der Waals surface area contributed by atoms with Crippen molar-refractivity contribution in [3.8, 4) is 51.0 Å². The zero-order valence-electron chi connectivity index (χ0n) is 26.9. The number of hydrogen-bond donors (Lipinski definition) is 0. The molecule has 0 radical (unpaired) electrons. The molecule has 0 bridgehead atoms. The fraction of sp³-hybridized carbons (Fsp3) is 0. The number of rotatable bonds is 5. The van der Waals surface area contributed by atoms with Gasteiger partial charge in [-0.3, -0.25) is 0 Å². The Kier molecular flexibility index (Phi) is 6.64. The molecule has 3 aromatic heterocycles. The van der Waals surface area contributed by atoms with Gasteiger partial charge in [-0.1, -0.05) is 115 Å². The highest BCUT2D eigenvalue weighted by atomic mass is 32.1. The third-order valence-corrected chi connectivity index (χ3v) is 10.7. The van der Waals surface area contributed by atoms with Gasteiger partial charge in [-0.15, -0.1) is 11.3 Å². The molecule has 5 heteroatoms. The maximum absolute atomic E-state index is 5.17. The summed E-state index contributed by atoms with van der Waals surface area (Å²) >= 11 is 1.79. The van der Waals surface area contributed by atoms with Crippen LogP contribution in [0.3, 0.4) is 0 Å². The van der Waals surface area contributed by atoms with Crippen LogP contribution in [-0.4, -0.2) is 19.5 Å². The molecule has 50 heavy (non-hydrogen) atoms. The van der Waals surface area contributed by atoms with Gasteiger partial charge in [0.25, 0.3) is 0 Å². The van der Waals surface area contributed by atoms with E-state index >= 15 is 0 Å². The van der Waals surface area contributed by atoms with Crippen molar-refractivity contribution in [2.24, 2.45) is 0 Å². The molecule has 0 saturated heterocycles. The first-order valence-electron chi connectivity index (χ1n) is 16.7. The Morgan fingerprint density at radius 2 is 0.940 bits per heavy atom. The molecular formula is C45H28N4S. The highest BCUT2D eigenvalue weighted by molar-refractivity contribution is 7.26. The van der Waals surface area contributed by atoms with Gasteiger partial charge in [0.15, 0.2) is 17.5 Å². The van der Waals surface area contributed by atoms with Gasteiger partial charge in [-0.05, 0) is 65.7 Å². The van der Waals surface area contributed by atoms with Crippen LogP contribution < -0.4 is 0 Å². The molecule has 0 aliphatic rings. The third kappa shape index (κ3) is 4.71. The lowest BCUT2D eigenvalue weighted by Gasteiger charge is -2.11. The summed E-state index contributed by atoms with van der Waals surface area (Å²) in [6, 6.07) is 59.7. The Morgan fingerprint density at radius 1 is 0.380 bits per heavy atom. The Bertz CT molecular complexity index is 2810. The molecule has 0 aliphatic heterocycles. The van der Waals surface area contributed by atoms with Crippen LogP contribution >= 0.6 is 11.3 Å². The maximum atomic E-state index is 5.17. The average molecular weight is 657 g/mol. The van der Waals surface area contributed by atoms with Crippen molar-refractivity contribution >= 4 is 53.3 Å². The maximum Gasteiger partial charge on any atom is 0.165 e. The van der Waals surface area contributed by atoms with Crippen LogP contribution in [0.15, 0.2) is 170 Å². The van der Waals surface area contributed by atoms with E-state index in [0.717, 1.165) is 33.5 Å². The predicted octanol–water partition coefficient (Wildman–Crippen LogP) is 12.0. The Labute approximate surface area is 292 Å². The van der Waals surface area contributed by atoms with Gasteiger partial charge in [0.2, 0.25) is 0 Å². The monoisotopic (exact) mass is 656 g/mol. The van der Waals surface area contributed by atoms with E-state index in [0.29, 0.717) is 17.5 Å². The van der Waals surface area contributed by atoms with E-state index in [1.165, 1.54) is 42.0 Å². The van der Waals surface area contributed by atoms with E-state index in [1.54, 1.807) is 11.3 Å². The molecule has 10 rings (SSSR count). The van der Waals surface area contributed by atoms with Crippen LogP contribution in [0, 0.1) is 0 Å². The molecule has 4 nitrogen and oxygen atoms in total. The topological polar surface area (TPSA) is 43.6 Å². The largest absolute Gasteiger partial charge is 0.309 e. The number of hydrogen-bond acceptors (Lipinski definition) is 4. The van der Waals surface area contributed by atoms with Gasteiger partial charge in [0.05, 0.1) is 11.0 Å².